The van der Waals surface area contributed by atoms with Crippen LogP contribution >= 0.6 is 12.2 Å². The first-order valence-electron chi connectivity index (χ1n) is 11.6. The van der Waals surface area contributed by atoms with Gasteiger partial charge in [0.1, 0.15) is 0 Å². The van der Waals surface area contributed by atoms with Crippen molar-refractivity contribution in [3.8, 4) is 0 Å². The maximum absolute atomic E-state index is 6.00. The van der Waals surface area contributed by atoms with Gasteiger partial charge >= 0.3 is 0 Å². The van der Waals surface area contributed by atoms with Crippen LogP contribution in [0.5, 0.6) is 0 Å². The molecule has 0 radical (unpaired) electrons. The van der Waals surface area contributed by atoms with E-state index < -0.39 is 0 Å². The summed E-state index contributed by atoms with van der Waals surface area (Å²) >= 11 is 6.00. The molecule has 4 unspecified atom stereocenters. The van der Waals surface area contributed by atoms with Crippen LogP contribution in [0, 0.1) is 11.8 Å². The highest BCUT2D eigenvalue weighted by Crippen LogP contribution is 2.45. The van der Waals surface area contributed by atoms with Gasteiger partial charge in [0.05, 0.1) is 11.6 Å². The number of fused-ring (bicyclic) bond motifs is 7. The van der Waals surface area contributed by atoms with Gasteiger partial charge < -0.3 is 10.2 Å². The molecule has 2 bridgehead atoms. The predicted octanol–water partition coefficient (Wildman–Crippen LogP) is 4.83. The number of aromatic nitrogens is 1. The van der Waals surface area contributed by atoms with Crippen molar-refractivity contribution >= 4 is 33.9 Å². The van der Waals surface area contributed by atoms with E-state index in [0.29, 0.717) is 12.0 Å². The van der Waals surface area contributed by atoms with Crippen molar-refractivity contribution in [2.24, 2.45) is 11.8 Å². The van der Waals surface area contributed by atoms with Crippen molar-refractivity contribution in [3.05, 3.63) is 48.2 Å². The van der Waals surface area contributed by atoms with Gasteiger partial charge in [0.25, 0.3) is 0 Å². The van der Waals surface area contributed by atoms with Crippen molar-refractivity contribution in [2.75, 3.05) is 25.0 Å². The quantitative estimate of drug-likeness (QED) is 0.530. The number of benzene rings is 1. The number of hydrogen-bond donors (Lipinski definition) is 1. The molecule has 6 rings (SSSR count). The van der Waals surface area contributed by atoms with E-state index in [1.54, 1.807) is 5.57 Å². The lowest BCUT2D eigenvalue weighted by molar-refractivity contribution is 0.0132. The molecule has 1 N–H and O–H groups in total. The highest BCUT2D eigenvalue weighted by molar-refractivity contribution is 7.80. The fourth-order valence-electron chi connectivity index (χ4n) is 6.60. The van der Waals surface area contributed by atoms with Gasteiger partial charge in [-0.05, 0) is 87.0 Å². The van der Waals surface area contributed by atoms with Gasteiger partial charge in [-0.25, -0.2) is 0 Å². The molecule has 3 aliphatic heterocycles. The van der Waals surface area contributed by atoms with Crippen LogP contribution in [0.25, 0.3) is 10.9 Å². The fourth-order valence-corrected chi connectivity index (χ4v) is 6.92. The highest BCUT2D eigenvalue weighted by Gasteiger charge is 2.46. The smallest absolute Gasteiger partial charge is 0.173 e. The van der Waals surface area contributed by atoms with Crippen LogP contribution in [0.4, 0.5) is 5.69 Å². The molecule has 3 fully saturated rings. The number of piperidine rings is 3. The summed E-state index contributed by atoms with van der Waals surface area (Å²) in [6, 6.07) is 11.6. The molecular weight excluding hydrogens is 388 g/mol. The second kappa shape index (κ2) is 7.61. The van der Waals surface area contributed by atoms with Crippen LogP contribution in [0.1, 0.15) is 38.5 Å². The third kappa shape index (κ3) is 3.14. The number of pyridine rings is 1. The summed E-state index contributed by atoms with van der Waals surface area (Å²) in [5, 5.41) is 5.60. The van der Waals surface area contributed by atoms with Crippen LogP contribution in [-0.4, -0.2) is 51.6 Å². The van der Waals surface area contributed by atoms with Crippen LogP contribution in [0.3, 0.4) is 0 Å². The normalized spacial score (nSPS) is 30.9. The Hall–Kier alpha value is -1.98. The molecule has 0 spiro atoms. The number of rotatable bonds is 1. The van der Waals surface area contributed by atoms with E-state index in [1.807, 2.05) is 12.3 Å². The Morgan fingerprint density at radius 2 is 2.07 bits per heavy atom. The van der Waals surface area contributed by atoms with Crippen LogP contribution < -0.4 is 5.32 Å². The maximum Gasteiger partial charge on any atom is 0.173 e. The summed E-state index contributed by atoms with van der Waals surface area (Å²) in [7, 11) is 0. The lowest BCUT2D eigenvalue weighted by Crippen LogP contribution is -2.60. The molecule has 4 aliphatic rings. The molecule has 156 valence electrons. The standard InChI is InChI=1S/C25H30N4S/c30-25(27-22-9-3-8-21-20(22)7-4-11-26-21)29-13-5-6-17-14-18-15-19(24(17)29)16-28-12-2-1-10-23(18)28/h3-4,7-9,11,14,18-19,23-24H,1-2,5-6,10,12-13,15-16H2,(H,27,30). The van der Waals surface area contributed by atoms with E-state index in [4.69, 9.17) is 12.2 Å². The van der Waals surface area contributed by atoms with Gasteiger partial charge in [0.2, 0.25) is 0 Å². The van der Waals surface area contributed by atoms with Crippen molar-refractivity contribution < 1.29 is 0 Å². The molecule has 2 aromatic rings. The molecule has 3 saturated heterocycles. The van der Waals surface area contributed by atoms with Gasteiger partial charge in [-0.1, -0.05) is 24.1 Å². The first-order chi connectivity index (χ1) is 14.8. The van der Waals surface area contributed by atoms with Crippen LogP contribution in [0.15, 0.2) is 48.2 Å². The lowest BCUT2D eigenvalue weighted by Gasteiger charge is -2.55. The SMILES string of the molecule is S=C(Nc1cccc2ncccc12)N1CCCC2=CC3CC(CN4CCCCC34)C21. The zero-order valence-corrected chi connectivity index (χ0v) is 18.3. The maximum atomic E-state index is 6.00. The number of likely N-dealkylation sites (tertiary alicyclic amines) is 1. The average Bonchev–Trinajstić information content (AvgIpc) is 2.79. The minimum absolute atomic E-state index is 0.478. The van der Waals surface area contributed by atoms with E-state index in [2.05, 4.69) is 50.4 Å². The Kier molecular flexibility index (Phi) is 4.76. The van der Waals surface area contributed by atoms with Crippen LogP contribution in [-0.2, 0) is 0 Å². The van der Waals surface area contributed by atoms with E-state index in [1.165, 1.54) is 51.6 Å². The molecule has 4 atom stereocenters. The highest BCUT2D eigenvalue weighted by atomic mass is 32.1. The molecule has 1 aromatic carbocycles. The minimum Gasteiger partial charge on any atom is -0.342 e. The lowest BCUT2D eigenvalue weighted by atomic mass is 9.68. The summed E-state index contributed by atoms with van der Waals surface area (Å²) in [6.07, 6.45) is 12.5. The molecule has 4 heterocycles. The number of thiocarbonyl (C=S) groups is 1. The molecule has 30 heavy (non-hydrogen) atoms. The molecule has 1 aromatic heterocycles. The number of anilines is 1. The van der Waals surface area contributed by atoms with Gasteiger partial charge in [-0.15, -0.1) is 0 Å². The zero-order chi connectivity index (χ0) is 20.1. The summed E-state index contributed by atoms with van der Waals surface area (Å²) < 4.78 is 0. The van der Waals surface area contributed by atoms with Gasteiger partial charge in [0.15, 0.2) is 5.11 Å². The largest absolute Gasteiger partial charge is 0.342 e. The van der Waals surface area contributed by atoms with Crippen molar-refractivity contribution in [1.29, 1.82) is 0 Å². The van der Waals surface area contributed by atoms with Crippen molar-refractivity contribution in [3.63, 3.8) is 0 Å². The Morgan fingerprint density at radius 1 is 1.10 bits per heavy atom. The first-order valence-corrected chi connectivity index (χ1v) is 12.0. The molecule has 5 heteroatoms. The Morgan fingerprint density at radius 3 is 3.03 bits per heavy atom. The Bertz CT molecular complexity index is 996. The summed E-state index contributed by atoms with van der Waals surface area (Å²) in [6.45, 7) is 3.60. The number of nitrogens with zero attached hydrogens (tertiary/aromatic N) is 3. The molecule has 0 saturated carbocycles. The Labute approximate surface area is 184 Å². The first kappa shape index (κ1) is 18.8. The van der Waals surface area contributed by atoms with Gasteiger partial charge in [-0.3, -0.25) is 9.88 Å². The Balaban J connectivity index is 1.28. The predicted molar refractivity (Wildman–Crippen MR) is 127 cm³/mol. The second-order valence-electron chi connectivity index (χ2n) is 9.51. The third-order valence-electron chi connectivity index (χ3n) is 7.81. The molecule has 0 amide bonds. The fraction of sp³-hybridized carbons (Fsp3) is 0.520. The van der Waals surface area contributed by atoms with Gasteiger partial charge in [0, 0.05) is 36.4 Å². The number of hydrogen-bond acceptors (Lipinski definition) is 3. The summed E-state index contributed by atoms with van der Waals surface area (Å²) in [5.74, 6) is 1.47. The molecule has 1 aliphatic carbocycles. The van der Waals surface area contributed by atoms with Gasteiger partial charge in [-0.2, -0.15) is 0 Å². The zero-order valence-electron chi connectivity index (χ0n) is 17.5. The van der Waals surface area contributed by atoms with Crippen LogP contribution in [0.2, 0.25) is 0 Å². The van der Waals surface area contributed by atoms with E-state index >= 15 is 0 Å². The molecule has 4 nitrogen and oxygen atoms in total. The van der Waals surface area contributed by atoms with E-state index in [-0.39, 0.29) is 0 Å². The monoisotopic (exact) mass is 418 g/mol. The third-order valence-corrected chi connectivity index (χ3v) is 8.14. The number of nitrogens with one attached hydrogen (secondary N) is 1. The topological polar surface area (TPSA) is 31.4 Å². The molecular formula is C25H30N4S. The van der Waals surface area contributed by atoms with Crippen molar-refractivity contribution in [1.82, 2.24) is 14.8 Å². The van der Waals surface area contributed by atoms with Crippen molar-refractivity contribution in [2.45, 2.75) is 50.6 Å². The minimum atomic E-state index is 0.478. The summed E-state index contributed by atoms with van der Waals surface area (Å²) in [5.41, 5.74) is 3.74. The van der Waals surface area contributed by atoms with E-state index in [0.717, 1.165) is 40.2 Å². The van der Waals surface area contributed by atoms with E-state index in [9.17, 15) is 0 Å². The average molecular weight is 419 g/mol. The second-order valence-corrected chi connectivity index (χ2v) is 9.89. The summed E-state index contributed by atoms with van der Waals surface area (Å²) in [4.78, 5) is 9.80.